The van der Waals surface area contributed by atoms with Gasteiger partial charge < -0.3 is 29.7 Å². The standard InChI is InChI=1S/C25H20F2N2O6/c1-33-22-12-16-19(13-23(22)34-9-8-30)28-7-6-21(16)35-24-17(26)10-14(11-18(24)27)29-25(32)15-4-2-3-5-20(15)31/h2-7,10-13,30-31H,8-9H2,1H3,(H,29,32). The first-order valence-electron chi connectivity index (χ1n) is 10.4. The molecular formula is C25H20F2N2O6. The number of aliphatic hydroxyl groups is 1. The van der Waals surface area contributed by atoms with Gasteiger partial charge in [0.1, 0.15) is 18.1 Å². The van der Waals surface area contributed by atoms with Crippen LogP contribution in [0.4, 0.5) is 14.5 Å². The van der Waals surface area contributed by atoms with E-state index in [1.54, 1.807) is 24.3 Å². The summed E-state index contributed by atoms with van der Waals surface area (Å²) in [5, 5.41) is 21.5. The molecule has 0 aliphatic heterocycles. The zero-order valence-electron chi connectivity index (χ0n) is 18.4. The van der Waals surface area contributed by atoms with Gasteiger partial charge in [0.25, 0.3) is 5.91 Å². The molecule has 4 rings (SSSR count). The minimum atomic E-state index is -1.06. The van der Waals surface area contributed by atoms with Crippen LogP contribution in [0.25, 0.3) is 10.9 Å². The molecule has 0 aliphatic carbocycles. The highest BCUT2D eigenvalue weighted by molar-refractivity contribution is 6.06. The Morgan fingerprint density at radius 3 is 2.46 bits per heavy atom. The number of methoxy groups -OCH3 is 1. The minimum Gasteiger partial charge on any atom is -0.507 e. The number of hydrogen-bond acceptors (Lipinski definition) is 7. The molecule has 0 radical (unpaired) electrons. The molecule has 1 aromatic heterocycles. The van der Waals surface area contributed by atoms with E-state index in [0.29, 0.717) is 22.4 Å². The van der Waals surface area contributed by atoms with Crippen LogP contribution in [-0.4, -0.2) is 41.4 Å². The normalized spacial score (nSPS) is 10.7. The van der Waals surface area contributed by atoms with Crippen LogP contribution in [0.1, 0.15) is 10.4 Å². The Hall–Kier alpha value is -4.44. The molecule has 0 unspecified atom stereocenters. The molecule has 0 bridgehead atoms. The lowest BCUT2D eigenvalue weighted by atomic mass is 10.1. The predicted molar refractivity (Wildman–Crippen MR) is 123 cm³/mol. The van der Waals surface area contributed by atoms with Gasteiger partial charge in [0.2, 0.25) is 0 Å². The summed E-state index contributed by atoms with van der Waals surface area (Å²) in [6, 6.07) is 12.1. The van der Waals surface area contributed by atoms with Gasteiger partial charge >= 0.3 is 0 Å². The molecule has 3 N–H and O–H groups in total. The van der Waals surface area contributed by atoms with Crippen LogP contribution in [0.2, 0.25) is 0 Å². The highest BCUT2D eigenvalue weighted by Gasteiger charge is 2.19. The third-order valence-electron chi connectivity index (χ3n) is 4.95. The van der Waals surface area contributed by atoms with Crippen molar-refractivity contribution in [1.29, 1.82) is 0 Å². The van der Waals surface area contributed by atoms with Crippen LogP contribution in [0.5, 0.6) is 28.7 Å². The molecule has 0 saturated heterocycles. The highest BCUT2D eigenvalue weighted by atomic mass is 19.1. The van der Waals surface area contributed by atoms with Crippen molar-refractivity contribution in [2.24, 2.45) is 0 Å². The zero-order chi connectivity index (χ0) is 24.9. The Kier molecular flexibility index (Phi) is 6.93. The van der Waals surface area contributed by atoms with E-state index in [-0.39, 0.29) is 36.0 Å². The molecule has 0 fully saturated rings. The van der Waals surface area contributed by atoms with E-state index in [2.05, 4.69) is 10.3 Å². The number of amides is 1. The van der Waals surface area contributed by atoms with Gasteiger partial charge in [-0.15, -0.1) is 0 Å². The number of hydrogen-bond donors (Lipinski definition) is 3. The minimum absolute atomic E-state index is 0.0429. The number of halogens is 2. The number of carbonyl (C=O) groups excluding carboxylic acids is 1. The lowest BCUT2D eigenvalue weighted by Crippen LogP contribution is -2.12. The molecule has 0 aliphatic rings. The van der Waals surface area contributed by atoms with Crippen LogP contribution in [0.3, 0.4) is 0 Å². The zero-order valence-corrected chi connectivity index (χ0v) is 18.4. The summed E-state index contributed by atoms with van der Waals surface area (Å²) in [5.74, 6) is -3.05. The van der Waals surface area contributed by atoms with Crippen molar-refractivity contribution in [1.82, 2.24) is 4.98 Å². The number of ether oxygens (including phenoxy) is 3. The van der Waals surface area contributed by atoms with Crippen molar-refractivity contribution >= 4 is 22.5 Å². The van der Waals surface area contributed by atoms with Gasteiger partial charge in [-0.05, 0) is 24.3 Å². The van der Waals surface area contributed by atoms with Crippen LogP contribution >= 0.6 is 0 Å². The number of nitrogens with one attached hydrogen (secondary N) is 1. The Morgan fingerprint density at radius 1 is 1.03 bits per heavy atom. The molecule has 4 aromatic rings. The number of anilines is 1. The van der Waals surface area contributed by atoms with E-state index in [1.165, 1.54) is 31.5 Å². The molecule has 180 valence electrons. The van der Waals surface area contributed by atoms with E-state index in [0.717, 1.165) is 12.1 Å². The third-order valence-corrected chi connectivity index (χ3v) is 4.95. The van der Waals surface area contributed by atoms with Gasteiger partial charge in [0.05, 0.1) is 24.8 Å². The first kappa shape index (κ1) is 23.7. The first-order chi connectivity index (χ1) is 16.9. The van der Waals surface area contributed by atoms with Crippen molar-refractivity contribution in [3.05, 3.63) is 78.0 Å². The number of benzene rings is 3. The van der Waals surface area contributed by atoms with Crippen molar-refractivity contribution < 1.29 is 38.0 Å². The molecular weight excluding hydrogens is 462 g/mol. The number of phenolic OH excluding ortho intramolecular Hbond substituents is 1. The number of carbonyl (C=O) groups is 1. The van der Waals surface area contributed by atoms with E-state index < -0.39 is 23.3 Å². The molecule has 0 saturated carbocycles. The number of phenols is 1. The number of rotatable bonds is 8. The monoisotopic (exact) mass is 482 g/mol. The molecule has 3 aromatic carbocycles. The molecule has 10 heteroatoms. The maximum atomic E-state index is 14.8. The number of aromatic nitrogens is 1. The fourth-order valence-electron chi connectivity index (χ4n) is 3.35. The quantitative estimate of drug-likeness (QED) is 0.336. The predicted octanol–water partition coefficient (Wildman–Crippen LogP) is 4.64. The van der Waals surface area contributed by atoms with E-state index in [4.69, 9.17) is 19.3 Å². The van der Waals surface area contributed by atoms with Crippen LogP contribution < -0.4 is 19.5 Å². The summed E-state index contributed by atoms with van der Waals surface area (Å²) in [6.45, 7) is -0.152. The second kappa shape index (κ2) is 10.2. The Bertz CT molecular complexity index is 1370. The number of fused-ring (bicyclic) bond motifs is 1. The van der Waals surface area contributed by atoms with Crippen LogP contribution in [0.15, 0.2) is 60.8 Å². The molecule has 35 heavy (non-hydrogen) atoms. The molecule has 1 amide bonds. The summed E-state index contributed by atoms with van der Waals surface area (Å²) < 4.78 is 46.0. The second-order valence-corrected chi connectivity index (χ2v) is 7.24. The number of aliphatic hydroxyl groups excluding tert-OH is 1. The van der Waals surface area contributed by atoms with Crippen LogP contribution in [0, 0.1) is 11.6 Å². The van der Waals surface area contributed by atoms with Gasteiger partial charge in [0.15, 0.2) is 28.9 Å². The molecule has 0 spiro atoms. The summed E-state index contributed by atoms with van der Waals surface area (Å²) in [5.41, 5.74) is 0.198. The van der Waals surface area contributed by atoms with Crippen molar-refractivity contribution in [2.45, 2.75) is 0 Å². The molecule has 8 nitrogen and oxygen atoms in total. The smallest absolute Gasteiger partial charge is 0.259 e. The van der Waals surface area contributed by atoms with Crippen molar-refractivity contribution in [3.63, 3.8) is 0 Å². The van der Waals surface area contributed by atoms with Gasteiger partial charge in [-0.1, -0.05) is 12.1 Å². The van der Waals surface area contributed by atoms with E-state index in [1.807, 2.05) is 0 Å². The van der Waals surface area contributed by atoms with Gasteiger partial charge in [-0.25, -0.2) is 8.78 Å². The summed E-state index contributed by atoms with van der Waals surface area (Å²) in [4.78, 5) is 16.6. The van der Waals surface area contributed by atoms with Gasteiger partial charge in [0, 0.05) is 35.5 Å². The highest BCUT2D eigenvalue weighted by Crippen LogP contribution is 2.38. The largest absolute Gasteiger partial charge is 0.507 e. The SMILES string of the molecule is COc1cc2c(Oc3c(F)cc(NC(=O)c4ccccc4O)cc3F)ccnc2cc1OCCO. The fraction of sp³-hybridized carbons (Fsp3) is 0.120. The summed E-state index contributed by atoms with van der Waals surface area (Å²) in [6.07, 6.45) is 1.40. The first-order valence-corrected chi connectivity index (χ1v) is 10.4. The topological polar surface area (TPSA) is 110 Å². The van der Waals surface area contributed by atoms with Gasteiger partial charge in [-0.2, -0.15) is 0 Å². The molecule has 1 heterocycles. The maximum absolute atomic E-state index is 14.8. The van der Waals surface area contributed by atoms with Crippen LogP contribution in [-0.2, 0) is 0 Å². The number of pyridine rings is 1. The van der Waals surface area contributed by atoms with E-state index in [9.17, 15) is 18.7 Å². The number of nitrogens with zero attached hydrogens (tertiary/aromatic N) is 1. The average Bonchev–Trinajstić information content (AvgIpc) is 2.84. The third kappa shape index (κ3) is 5.07. The van der Waals surface area contributed by atoms with E-state index >= 15 is 0 Å². The lowest BCUT2D eigenvalue weighted by Gasteiger charge is -2.14. The van der Waals surface area contributed by atoms with Gasteiger partial charge in [-0.3, -0.25) is 9.78 Å². The maximum Gasteiger partial charge on any atom is 0.259 e. The number of para-hydroxylation sites is 1. The van der Waals surface area contributed by atoms with Crippen molar-refractivity contribution in [2.75, 3.05) is 25.6 Å². The Balaban J connectivity index is 1.63. The Labute approximate surface area is 198 Å². The molecule has 0 atom stereocenters. The lowest BCUT2D eigenvalue weighted by molar-refractivity contribution is 0.102. The average molecular weight is 482 g/mol. The van der Waals surface area contributed by atoms with Crippen molar-refractivity contribution in [3.8, 4) is 28.7 Å². The fourth-order valence-corrected chi connectivity index (χ4v) is 3.35. The Morgan fingerprint density at radius 2 is 1.77 bits per heavy atom. The summed E-state index contributed by atoms with van der Waals surface area (Å²) >= 11 is 0. The number of aromatic hydroxyl groups is 1. The summed E-state index contributed by atoms with van der Waals surface area (Å²) in [7, 11) is 1.42. The second-order valence-electron chi connectivity index (χ2n) is 7.24.